The van der Waals surface area contributed by atoms with Crippen LogP contribution >= 0.6 is 0 Å². The zero-order valence-corrected chi connectivity index (χ0v) is 11.0. The lowest BCUT2D eigenvalue weighted by Crippen LogP contribution is -2.24. The fourth-order valence-electron chi connectivity index (χ4n) is 1.75. The third kappa shape index (κ3) is 3.15. The van der Waals surface area contributed by atoms with E-state index < -0.39 is 5.82 Å². The lowest BCUT2D eigenvalue weighted by atomic mass is 10.2. The van der Waals surface area contributed by atoms with Gasteiger partial charge in [0.25, 0.3) is 0 Å². The Morgan fingerprint density at radius 3 is 2.68 bits per heavy atom. The highest BCUT2D eigenvalue weighted by Gasteiger charge is 2.13. The summed E-state index contributed by atoms with van der Waals surface area (Å²) in [6, 6.07) is 3.81. The Hall–Kier alpha value is -2.24. The van der Waals surface area contributed by atoms with Crippen LogP contribution in [0, 0.1) is 5.82 Å². The first-order valence-corrected chi connectivity index (χ1v) is 6.08. The summed E-state index contributed by atoms with van der Waals surface area (Å²) in [6.07, 6.45) is 4.63. The molecule has 6 heteroatoms. The topological polar surface area (TPSA) is 53.9 Å². The van der Waals surface area contributed by atoms with E-state index in [0.29, 0.717) is 24.9 Å². The molecule has 2 rings (SSSR count). The van der Waals surface area contributed by atoms with Crippen LogP contribution in [-0.4, -0.2) is 28.5 Å². The molecule has 1 N–H and O–H groups in total. The highest BCUT2D eigenvalue weighted by molar-refractivity contribution is 5.44. The number of halogens is 1. The third-order valence-electron chi connectivity index (χ3n) is 2.75. The SMILES string of the molecule is CCN(Cc1ccncc1)c1nc(NC)ncc1F. The van der Waals surface area contributed by atoms with E-state index in [0.717, 1.165) is 5.56 Å². The van der Waals surface area contributed by atoms with E-state index in [4.69, 9.17) is 0 Å². The number of nitrogens with one attached hydrogen (secondary N) is 1. The fourth-order valence-corrected chi connectivity index (χ4v) is 1.75. The number of nitrogens with zero attached hydrogens (tertiary/aromatic N) is 4. The summed E-state index contributed by atoms with van der Waals surface area (Å²) < 4.78 is 13.8. The van der Waals surface area contributed by atoms with Crippen molar-refractivity contribution in [3.8, 4) is 0 Å². The first-order chi connectivity index (χ1) is 9.24. The van der Waals surface area contributed by atoms with Crippen LogP contribution in [0.15, 0.2) is 30.7 Å². The van der Waals surface area contributed by atoms with Crippen molar-refractivity contribution >= 4 is 11.8 Å². The Kier molecular flexibility index (Phi) is 4.22. The van der Waals surface area contributed by atoms with Crippen LogP contribution in [0.2, 0.25) is 0 Å². The summed E-state index contributed by atoms with van der Waals surface area (Å²) in [5, 5.41) is 2.81. The summed E-state index contributed by atoms with van der Waals surface area (Å²) in [5.41, 5.74) is 1.06. The second kappa shape index (κ2) is 6.08. The van der Waals surface area contributed by atoms with Crippen LogP contribution in [0.3, 0.4) is 0 Å². The summed E-state index contributed by atoms with van der Waals surface area (Å²) in [7, 11) is 1.70. The number of aromatic nitrogens is 3. The normalized spacial score (nSPS) is 10.3. The molecule has 0 spiro atoms. The summed E-state index contributed by atoms with van der Waals surface area (Å²) in [6.45, 7) is 3.19. The zero-order chi connectivity index (χ0) is 13.7. The Morgan fingerprint density at radius 2 is 2.05 bits per heavy atom. The minimum absolute atomic E-state index is 0.304. The fraction of sp³-hybridized carbons (Fsp3) is 0.308. The Morgan fingerprint density at radius 1 is 1.32 bits per heavy atom. The standard InChI is InChI=1S/C13H16FN5/c1-3-19(9-10-4-6-16-7-5-10)12-11(14)8-17-13(15-2)18-12/h4-8H,3,9H2,1-2H3,(H,15,17,18). The predicted octanol–water partition coefficient (Wildman–Crippen LogP) is 2.08. The molecular formula is C13H16FN5. The van der Waals surface area contributed by atoms with E-state index in [1.54, 1.807) is 19.4 Å². The summed E-state index contributed by atoms with van der Waals surface area (Å²) in [4.78, 5) is 13.8. The van der Waals surface area contributed by atoms with E-state index in [1.807, 2.05) is 24.0 Å². The minimum atomic E-state index is -0.421. The molecule has 0 aliphatic carbocycles. The van der Waals surface area contributed by atoms with E-state index in [1.165, 1.54) is 6.20 Å². The third-order valence-corrected chi connectivity index (χ3v) is 2.75. The van der Waals surface area contributed by atoms with Crippen molar-refractivity contribution in [1.82, 2.24) is 15.0 Å². The molecule has 0 saturated carbocycles. The Labute approximate surface area is 111 Å². The van der Waals surface area contributed by atoms with Gasteiger partial charge >= 0.3 is 0 Å². The van der Waals surface area contributed by atoms with Gasteiger partial charge in [0.1, 0.15) is 0 Å². The second-order valence-electron chi connectivity index (χ2n) is 3.98. The number of rotatable bonds is 5. The van der Waals surface area contributed by atoms with Crippen molar-refractivity contribution < 1.29 is 4.39 Å². The maximum atomic E-state index is 13.8. The quantitative estimate of drug-likeness (QED) is 0.893. The molecule has 0 aliphatic heterocycles. The Bertz CT molecular complexity index is 532. The largest absolute Gasteiger partial charge is 0.357 e. The maximum absolute atomic E-state index is 13.8. The van der Waals surface area contributed by atoms with Gasteiger partial charge in [0.05, 0.1) is 6.20 Å². The van der Waals surface area contributed by atoms with Crippen molar-refractivity contribution in [3.05, 3.63) is 42.1 Å². The lowest BCUT2D eigenvalue weighted by Gasteiger charge is -2.22. The van der Waals surface area contributed by atoms with Crippen molar-refractivity contribution in [2.75, 3.05) is 23.8 Å². The molecule has 19 heavy (non-hydrogen) atoms. The molecule has 0 fully saturated rings. The van der Waals surface area contributed by atoms with Gasteiger partial charge in [-0.05, 0) is 24.6 Å². The van der Waals surface area contributed by atoms with Crippen LogP contribution < -0.4 is 10.2 Å². The van der Waals surface area contributed by atoms with Crippen LogP contribution in [0.5, 0.6) is 0 Å². The number of pyridine rings is 1. The van der Waals surface area contributed by atoms with Gasteiger partial charge in [-0.25, -0.2) is 9.37 Å². The van der Waals surface area contributed by atoms with Gasteiger partial charge < -0.3 is 10.2 Å². The molecule has 2 aromatic rings. The molecule has 0 amide bonds. The molecule has 0 radical (unpaired) electrons. The maximum Gasteiger partial charge on any atom is 0.224 e. The van der Waals surface area contributed by atoms with Gasteiger partial charge in [-0.1, -0.05) is 0 Å². The highest BCUT2D eigenvalue weighted by atomic mass is 19.1. The number of hydrogen-bond acceptors (Lipinski definition) is 5. The van der Waals surface area contributed by atoms with Crippen molar-refractivity contribution in [1.29, 1.82) is 0 Å². The molecular weight excluding hydrogens is 245 g/mol. The van der Waals surface area contributed by atoms with Gasteiger partial charge in [0.15, 0.2) is 11.6 Å². The molecule has 0 atom stereocenters. The molecule has 0 aromatic carbocycles. The molecule has 0 aliphatic rings. The zero-order valence-electron chi connectivity index (χ0n) is 11.0. The molecule has 0 saturated heterocycles. The van der Waals surface area contributed by atoms with Crippen molar-refractivity contribution in [2.24, 2.45) is 0 Å². The number of hydrogen-bond donors (Lipinski definition) is 1. The van der Waals surface area contributed by atoms with E-state index >= 15 is 0 Å². The molecule has 5 nitrogen and oxygen atoms in total. The minimum Gasteiger partial charge on any atom is -0.357 e. The van der Waals surface area contributed by atoms with Crippen molar-refractivity contribution in [3.63, 3.8) is 0 Å². The van der Waals surface area contributed by atoms with Gasteiger partial charge in [0.2, 0.25) is 5.95 Å². The molecule has 2 heterocycles. The first-order valence-electron chi connectivity index (χ1n) is 6.08. The first kappa shape index (κ1) is 13.2. The molecule has 0 bridgehead atoms. The van der Waals surface area contributed by atoms with Crippen LogP contribution in [0.25, 0.3) is 0 Å². The number of anilines is 2. The second-order valence-corrected chi connectivity index (χ2v) is 3.98. The summed E-state index contributed by atoms with van der Waals surface area (Å²) >= 11 is 0. The molecule has 100 valence electrons. The van der Waals surface area contributed by atoms with Gasteiger partial charge in [-0.15, -0.1) is 0 Å². The van der Waals surface area contributed by atoms with Crippen LogP contribution in [0.4, 0.5) is 16.2 Å². The monoisotopic (exact) mass is 261 g/mol. The van der Waals surface area contributed by atoms with Gasteiger partial charge in [0, 0.05) is 32.5 Å². The van der Waals surface area contributed by atoms with Crippen LogP contribution in [0.1, 0.15) is 12.5 Å². The highest BCUT2D eigenvalue weighted by Crippen LogP contribution is 2.19. The van der Waals surface area contributed by atoms with E-state index in [9.17, 15) is 4.39 Å². The van der Waals surface area contributed by atoms with Gasteiger partial charge in [-0.2, -0.15) is 4.98 Å². The molecule has 2 aromatic heterocycles. The van der Waals surface area contributed by atoms with E-state index in [-0.39, 0.29) is 0 Å². The van der Waals surface area contributed by atoms with E-state index in [2.05, 4.69) is 20.3 Å². The predicted molar refractivity (Wildman–Crippen MR) is 72.5 cm³/mol. The van der Waals surface area contributed by atoms with Crippen LogP contribution in [-0.2, 0) is 6.54 Å². The summed E-state index contributed by atoms with van der Waals surface area (Å²) in [5.74, 6) is 0.290. The lowest BCUT2D eigenvalue weighted by molar-refractivity contribution is 0.603. The Balaban J connectivity index is 2.26. The smallest absolute Gasteiger partial charge is 0.224 e. The average molecular weight is 261 g/mol. The van der Waals surface area contributed by atoms with Gasteiger partial charge in [-0.3, -0.25) is 4.98 Å². The van der Waals surface area contributed by atoms with Crippen molar-refractivity contribution in [2.45, 2.75) is 13.5 Å². The molecule has 0 unspecified atom stereocenters. The average Bonchev–Trinajstić information content (AvgIpc) is 2.47.